The molecule has 1 saturated carbocycles. The average molecular weight is 339 g/mol. The van der Waals surface area contributed by atoms with Gasteiger partial charge in [-0.15, -0.1) is 0 Å². The molecule has 3 aromatic rings. The number of halogens is 1. The van der Waals surface area contributed by atoms with Crippen molar-refractivity contribution in [2.75, 3.05) is 7.05 Å². The van der Waals surface area contributed by atoms with Crippen molar-refractivity contribution in [3.63, 3.8) is 0 Å². The van der Waals surface area contributed by atoms with Gasteiger partial charge < -0.3 is 9.32 Å². The van der Waals surface area contributed by atoms with E-state index in [0.717, 1.165) is 30.8 Å². The molecule has 1 aliphatic heterocycles. The maximum absolute atomic E-state index is 13.5. The summed E-state index contributed by atoms with van der Waals surface area (Å²) in [5.41, 5.74) is 1.99. The van der Waals surface area contributed by atoms with E-state index in [1.165, 1.54) is 12.1 Å². The highest BCUT2D eigenvalue weighted by Gasteiger charge is 2.37. The molecule has 6 heteroatoms. The molecule has 0 bridgehead atoms. The largest absolute Gasteiger partial charge is 0.448 e. The topological polar surface area (TPSA) is 51.3 Å². The highest BCUT2D eigenvalue weighted by molar-refractivity contribution is 6.01. The Balaban J connectivity index is 1.86. The Kier molecular flexibility index (Phi) is 2.90. The van der Waals surface area contributed by atoms with Crippen LogP contribution in [-0.2, 0) is 6.54 Å². The second kappa shape index (κ2) is 4.94. The van der Waals surface area contributed by atoms with Gasteiger partial charge in [0, 0.05) is 36.2 Å². The summed E-state index contributed by atoms with van der Waals surface area (Å²) in [5, 5.41) is 0.672. The van der Waals surface area contributed by atoms with E-state index in [1.54, 1.807) is 10.6 Å². The number of nitrogens with zero attached hydrogens (tertiary/aromatic N) is 3. The van der Waals surface area contributed by atoms with Crippen LogP contribution in [-0.4, -0.2) is 21.5 Å². The summed E-state index contributed by atoms with van der Waals surface area (Å²) in [6.07, 6.45) is 3.03. The summed E-state index contributed by atoms with van der Waals surface area (Å²) < 4.78 is 21.0. The molecule has 1 aromatic carbocycles. The van der Waals surface area contributed by atoms with Crippen molar-refractivity contribution < 1.29 is 8.81 Å². The van der Waals surface area contributed by atoms with Gasteiger partial charge in [0.15, 0.2) is 0 Å². The third-order valence-electron chi connectivity index (χ3n) is 5.67. The van der Waals surface area contributed by atoms with Crippen LogP contribution >= 0.6 is 0 Å². The lowest BCUT2D eigenvalue weighted by molar-refractivity contribution is 0.347. The maximum atomic E-state index is 13.5. The summed E-state index contributed by atoms with van der Waals surface area (Å²) in [5.74, 6) is 0.590. The molecule has 25 heavy (non-hydrogen) atoms. The van der Waals surface area contributed by atoms with Crippen LogP contribution in [0.15, 0.2) is 39.7 Å². The first-order valence-corrected chi connectivity index (χ1v) is 8.57. The molecule has 1 aliphatic carbocycles. The number of hydrogen-bond acceptors (Lipinski definition) is 4. The number of furan rings is 1. The SMILES string of the molecule is C=C1[C@H]2CCC[C@H]2n2c(nc3c(oc4cc(F)ccc43)c2=O)CN1C. The monoisotopic (exact) mass is 339 g/mol. The molecule has 128 valence electrons. The Labute approximate surface area is 143 Å². The van der Waals surface area contributed by atoms with Gasteiger partial charge in [-0.1, -0.05) is 13.0 Å². The molecule has 0 spiro atoms. The second-order valence-electron chi connectivity index (χ2n) is 7.08. The van der Waals surface area contributed by atoms with E-state index in [2.05, 4.69) is 11.5 Å². The van der Waals surface area contributed by atoms with Crippen molar-refractivity contribution in [3.8, 4) is 0 Å². The number of allylic oxidation sites excluding steroid dienone is 1. The molecule has 1 fully saturated rings. The van der Waals surface area contributed by atoms with Gasteiger partial charge in [-0.2, -0.15) is 0 Å². The van der Waals surface area contributed by atoms with Gasteiger partial charge in [0.25, 0.3) is 5.56 Å². The smallest absolute Gasteiger partial charge is 0.297 e. The zero-order valence-corrected chi connectivity index (χ0v) is 14.0. The normalized spacial score (nSPS) is 23.1. The minimum absolute atomic E-state index is 0.0711. The van der Waals surface area contributed by atoms with Crippen LogP contribution in [0.1, 0.15) is 31.1 Å². The first-order chi connectivity index (χ1) is 12.0. The molecule has 2 aromatic heterocycles. The second-order valence-corrected chi connectivity index (χ2v) is 7.08. The Morgan fingerprint density at radius 2 is 2.20 bits per heavy atom. The summed E-state index contributed by atoms with van der Waals surface area (Å²) in [6.45, 7) is 4.78. The van der Waals surface area contributed by atoms with E-state index in [1.807, 2.05) is 7.05 Å². The zero-order valence-electron chi connectivity index (χ0n) is 14.0. The number of fused-ring (bicyclic) bond motifs is 6. The summed E-state index contributed by atoms with van der Waals surface area (Å²) >= 11 is 0. The highest BCUT2D eigenvalue weighted by atomic mass is 19.1. The predicted molar refractivity (Wildman–Crippen MR) is 92.7 cm³/mol. The lowest BCUT2D eigenvalue weighted by Crippen LogP contribution is -2.29. The number of hydrogen-bond donors (Lipinski definition) is 0. The Morgan fingerprint density at radius 1 is 1.36 bits per heavy atom. The molecule has 0 N–H and O–H groups in total. The van der Waals surface area contributed by atoms with Gasteiger partial charge in [-0.3, -0.25) is 9.36 Å². The van der Waals surface area contributed by atoms with Crippen molar-refractivity contribution in [1.29, 1.82) is 0 Å². The zero-order chi connectivity index (χ0) is 17.3. The minimum atomic E-state index is -0.389. The van der Waals surface area contributed by atoms with Crippen LogP contribution < -0.4 is 5.56 Å². The van der Waals surface area contributed by atoms with Gasteiger partial charge in [0.05, 0.1) is 6.54 Å². The Bertz CT molecular complexity index is 1100. The average Bonchev–Trinajstić information content (AvgIpc) is 3.16. The van der Waals surface area contributed by atoms with E-state index >= 15 is 0 Å². The molecular formula is C19H18FN3O2. The third-order valence-corrected chi connectivity index (χ3v) is 5.67. The van der Waals surface area contributed by atoms with E-state index < -0.39 is 0 Å². The van der Waals surface area contributed by atoms with E-state index in [0.29, 0.717) is 23.0 Å². The molecule has 5 rings (SSSR count). The van der Waals surface area contributed by atoms with Gasteiger partial charge in [0.1, 0.15) is 22.7 Å². The molecular weight excluding hydrogens is 321 g/mol. The lowest BCUT2D eigenvalue weighted by Gasteiger charge is -2.24. The van der Waals surface area contributed by atoms with E-state index in [-0.39, 0.29) is 28.9 Å². The Hall–Kier alpha value is -2.63. The maximum Gasteiger partial charge on any atom is 0.297 e. The van der Waals surface area contributed by atoms with Crippen molar-refractivity contribution in [2.45, 2.75) is 31.8 Å². The van der Waals surface area contributed by atoms with Crippen molar-refractivity contribution in [2.24, 2.45) is 5.92 Å². The van der Waals surface area contributed by atoms with Crippen LogP contribution in [0.5, 0.6) is 0 Å². The lowest BCUT2D eigenvalue weighted by atomic mass is 10.00. The molecule has 0 radical (unpaired) electrons. The van der Waals surface area contributed by atoms with E-state index in [4.69, 9.17) is 9.40 Å². The number of benzene rings is 1. The molecule has 0 saturated heterocycles. The molecule has 5 nitrogen and oxygen atoms in total. The fourth-order valence-electron chi connectivity index (χ4n) is 4.41. The van der Waals surface area contributed by atoms with Gasteiger partial charge in [-0.25, -0.2) is 9.37 Å². The first-order valence-electron chi connectivity index (χ1n) is 8.57. The molecule has 2 aliphatic rings. The van der Waals surface area contributed by atoms with Crippen LogP contribution in [0.25, 0.3) is 22.1 Å². The van der Waals surface area contributed by atoms with Crippen LogP contribution in [0.2, 0.25) is 0 Å². The Morgan fingerprint density at radius 3 is 3.04 bits per heavy atom. The van der Waals surface area contributed by atoms with Gasteiger partial charge in [0.2, 0.25) is 5.58 Å². The van der Waals surface area contributed by atoms with Crippen LogP contribution in [0.3, 0.4) is 0 Å². The molecule has 0 amide bonds. The fraction of sp³-hybridized carbons (Fsp3) is 0.368. The van der Waals surface area contributed by atoms with Crippen LogP contribution in [0.4, 0.5) is 4.39 Å². The third kappa shape index (κ3) is 1.94. The minimum Gasteiger partial charge on any atom is -0.448 e. The van der Waals surface area contributed by atoms with Gasteiger partial charge >= 0.3 is 0 Å². The number of rotatable bonds is 0. The molecule has 2 atom stereocenters. The van der Waals surface area contributed by atoms with Crippen molar-refractivity contribution in [3.05, 3.63) is 52.5 Å². The highest BCUT2D eigenvalue weighted by Crippen LogP contribution is 2.43. The molecule has 3 heterocycles. The van der Waals surface area contributed by atoms with Gasteiger partial charge in [-0.05, 0) is 25.0 Å². The van der Waals surface area contributed by atoms with Crippen molar-refractivity contribution >= 4 is 22.1 Å². The summed E-state index contributed by atoms with van der Waals surface area (Å²) in [6, 6.07) is 4.36. The number of aromatic nitrogens is 2. The van der Waals surface area contributed by atoms with Crippen LogP contribution in [0, 0.1) is 11.7 Å². The molecule has 0 unspecified atom stereocenters. The van der Waals surface area contributed by atoms with Crippen molar-refractivity contribution in [1.82, 2.24) is 14.5 Å². The predicted octanol–water partition coefficient (Wildman–Crippen LogP) is 3.58. The standard InChI is InChI=1S/C19H18FN3O2/c1-10-12-4-3-5-14(12)23-16(9-22(10)2)21-17-13-7-6-11(20)8-15(13)25-18(17)19(23)24/h6-8,12,14H,1,3-5,9H2,2H3/t12-,14-/m1/s1. The summed E-state index contributed by atoms with van der Waals surface area (Å²) in [4.78, 5) is 20.1. The van der Waals surface area contributed by atoms with E-state index in [9.17, 15) is 9.18 Å². The first kappa shape index (κ1) is 14.7. The summed E-state index contributed by atoms with van der Waals surface area (Å²) in [7, 11) is 1.99. The fourth-order valence-corrected chi connectivity index (χ4v) is 4.41. The quantitative estimate of drug-likeness (QED) is 0.628.